The van der Waals surface area contributed by atoms with E-state index < -0.39 is 45.6 Å². The van der Waals surface area contributed by atoms with E-state index in [9.17, 15) is 31.1 Å². The Morgan fingerprint density at radius 2 is 1.86 bits per heavy atom. The average Bonchev–Trinajstić information content (AvgIpc) is 2.29. The van der Waals surface area contributed by atoms with Crippen molar-refractivity contribution in [2.24, 2.45) is 0 Å². The Morgan fingerprint density at radius 3 is 2.32 bits per heavy atom. The molecule has 124 valence electrons. The molecule has 1 heterocycles. The van der Waals surface area contributed by atoms with E-state index in [1.165, 1.54) is 29.5 Å². The van der Waals surface area contributed by atoms with Gasteiger partial charge in [0.1, 0.15) is 3.70 Å². The normalized spacial score (nSPS) is 12.2. The molecule has 0 aliphatic rings. The van der Waals surface area contributed by atoms with Crippen LogP contribution in [0.25, 0.3) is 0 Å². The van der Waals surface area contributed by atoms with E-state index in [4.69, 9.17) is 0 Å². The lowest BCUT2D eigenvalue weighted by Crippen LogP contribution is -2.21. The number of aromatic nitrogens is 1. The minimum absolute atomic E-state index is 0.0491. The molecule has 0 aliphatic carbocycles. The third kappa shape index (κ3) is 5.50. The molecule has 0 bridgehead atoms. The van der Waals surface area contributed by atoms with Crippen molar-refractivity contribution in [3.05, 3.63) is 21.0 Å². The van der Waals surface area contributed by atoms with Crippen molar-refractivity contribution < 1.29 is 40.6 Å². The van der Waals surface area contributed by atoms with Gasteiger partial charge in [-0.1, -0.05) is 0 Å². The molecular formula is C11H8F6INO3. The Bertz CT molecular complexity index is 558. The van der Waals surface area contributed by atoms with Crippen molar-refractivity contribution in [3.8, 4) is 5.75 Å². The van der Waals surface area contributed by atoms with Crippen LogP contribution in [0, 0.1) is 3.70 Å². The molecule has 11 heteroatoms. The van der Waals surface area contributed by atoms with Gasteiger partial charge in [-0.3, -0.25) is 4.79 Å². The smallest absolute Gasteiger partial charge is 0.466 e. The van der Waals surface area contributed by atoms with Crippen LogP contribution in [0.1, 0.15) is 18.2 Å². The standard InChI is InChI=1S/C11H8F6INO3/c1-2-21-8(20)4-6-5(10(12,13)14)3-7(9(18)19-6)22-11(15,16)17/h3H,2,4H2,1H3. The van der Waals surface area contributed by atoms with Crippen molar-refractivity contribution in [1.29, 1.82) is 0 Å². The van der Waals surface area contributed by atoms with Crippen LogP contribution in [0.4, 0.5) is 26.3 Å². The monoisotopic (exact) mass is 443 g/mol. The second kappa shape index (κ2) is 6.87. The number of pyridine rings is 1. The molecule has 0 spiro atoms. The van der Waals surface area contributed by atoms with Crippen LogP contribution in [-0.2, 0) is 22.1 Å². The van der Waals surface area contributed by atoms with Crippen LogP contribution in [0.2, 0.25) is 0 Å². The molecule has 0 radical (unpaired) electrons. The number of halogens is 7. The zero-order valence-corrected chi connectivity index (χ0v) is 13.0. The van der Waals surface area contributed by atoms with E-state index in [0.29, 0.717) is 0 Å². The van der Waals surface area contributed by atoms with E-state index in [1.807, 2.05) is 0 Å². The fourth-order valence-electron chi connectivity index (χ4n) is 1.43. The number of ether oxygens (including phenoxy) is 2. The average molecular weight is 443 g/mol. The summed E-state index contributed by atoms with van der Waals surface area (Å²) in [4.78, 5) is 14.7. The van der Waals surface area contributed by atoms with Crippen molar-refractivity contribution in [3.63, 3.8) is 0 Å². The lowest BCUT2D eigenvalue weighted by atomic mass is 10.1. The summed E-state index contributed by atoms with van der Waals surface area (Å²) in [6.45, 7) is 1.41. The summed E-state index contributed by atoms with van der Waals surface area (Å²) in [6.07, 6.45) is -11.0. The summed E-state index contributed by atoms with van der Waals surface area (Å²) < 4.78 is 82.7. The Balaban J connectivity index is 3.27. The molecule has 0 amide bonds. The first-order valence-electron chi connectivity index (χ1n) is 5.62. The Labute approximate surface area is 133 Å². The molecule has 0 atom stereocenters. The first-order chi connectivity index (χ1) is 9.94. The highest BCUT2D eigenvalue weighted by atomic mass is 127. The molecule has 0 saturated heterocycles. The van der Waals surface area contributed by atoms with Gasteiger partial charge in [-0.25, -0.2) is 4.98 Å². The summed E-state index contributed by atoms with van der Waals surface area (Å²) in [5.41, 5.74) is -2.22. The van der Waals surface area contributed by atoms with E-state index in [-0.39, 0.29) is 12.7 Å². The highest BCUT2D eigenvalue weighted by Crippen LogP contribution is 2.37. The van der Waals surface area contributed by atoms with Crippen LogP contribution >= 0.6 is 22.6 Å². The number of nitrogens with zero attached hydrogens (tertiary/aromatic N) is 1. The van der Waals surface area contributed by atoms with Gasteiger partial charge in [-0.2, -0.15) is 13.2 Å². The molecule has 1 aromatic heterocycles. The predicted octanol–water partition coefficient (Wildman–Crippen LogP) is 3.71. The number of carbonyl (C=O) groups is 1. The fraction of sp³-hybridized carbons (Fsp3) is 0.455. The van der Waals surface area contributed by atoms with Gasteiger partial charge >= 0.3 is 18.5 Å². The van der Waals surface area contributed by atoms with Gasteiger partial charge in [0.2, 0.25) is 0 Å². The van der Waals surface area contributed by atoms with Gasteiger partial charge in [-0.05, 0) is 35.6 Å². The second-order valence-corrected chi connectivity index (χ2v) is 4.82. The third-order valence-corrected chi connectivity index (χ3v) is 2.94. The number of alkyl halides is 6. The van der Waals surface area contributed by atoms with E-state index in [2.05, 4.69) is 14.5 Å². The van der Waals surface area contributed by atoms with Gasteiger partial charge in [0.25, 0.3) is 0 Å². The molecule has 0 fully saturated rings. The molecule has 4 nitrogen and oxygen atoms in total. The van der Waals surface area contributed by atoms with Crippen LogP contribution in [0.3, 0.4) is 0 Å². The molecule has 0 aliphatic heterocycles. The zero-order valence-electron chi connectivity index (χ0n) is 10.8. The molecule has 0 N–H and O–H groups in total. The van der Waals surface area contributed by atoms with Gasteiger partial charge in [0.15, 0.2) is 5.75 Å². The van der Waals surface area contributed by atoms with Gasteiger partial charge in [0, 0.05) is 0 Å². The van der Waals surface area contributed by atoms with Crippen LogP contribution < -0.4 is 4.74 Å². The lowest BCUT2D eigenvalue weighted by molar-refractivity contribution is -0.275. The van der Waals surface area contributed by atoms with Crippen molar-refractivity contribution in [2.45, 2.75) is 25.9 Å². The molecule has 1 aromatic rings. The second-order valence-electron chi connectivity index (χ2n) is 3.80. The largest absolute Gasteiger partial charge is 0.573 e. The SMILES string of the molecule is CCOC(=O)Cc1nc(I)c(OC(F)(F)F)cc1C(F)(F)F. The van der Waals surface area contributed by atoms with E-state index in [0.717, 1.165) is 0 Å². The van der Waals surface area contributed by atoms with Gasteiger partial charge in [-0.15, -0.1) is 13.2 Å². The summed E-state index contributed by atoms with van der Waals surface area (Å²) >= 11 is 1.28. The minimum Gasteiger partial charge on any atom is -0.466 e. The van der Waals surface area contributed by atoms with Crippen molar-refractivity contribution >= 4 is 28.6 Å². The Hall–Kier alpha value is -1.27. The molecule has 22 heavy (non-hydrogen) atoms. The lowest BCUT2D eigenvalue weighted by Gasteiger charge is -2.16. The Kier molecular flexibility index (Phi) is 5.87. The quantitative estimate of drug-likeness (QED) is 0.308. The summed E-state index contributed by atoms with van der Waals surface area (Å²) in [6, 6.07) is 0.164. The number of rotatable bonds is 4. The minimum atomic E-state index is -5.16. The summed E-state index contributed by atoms with van der Waals surface area (Å²) in [7, 11) is 0. The zero-order chi connectivity index (χ0) is 17.1. The summed E-state index contributed by atoms with van der Waals surface area (Å²) in [5.74, 6) is -2.06. The third-order valence-electron chi connectivity index (χ3n) is 2.17. The summed E-state index contributed by atoms with van der Waals surface area (Å²) in [5, 5.41) is 0. The van der Waals surface area contributed by atoms with Crippen LogP contribution in [0.5, 0.6) is 5.75 Å². The van der Waals surface area contributed by atoms with Crippen LogP contribution in [0.15, 0.2) is 6.07 Å². The maximum atomic E-state index is 12.9. The number of carbonyl (C=O) groups excluding carboxylic acids is 1. The van der Waals surface area contributed by atoms with Crippen molar-refractivity contribution in [1.82, 2.24) is 4.98 Å². The van der Waals surface area contributed by atoms with Crippen molar-refractivity contribution in [2.75, 3.05) is 6.61 Å². The predicted molar refractivity (Wildman–Crippen MR) is 69.0 cm³/mol. The molecule has 0 aromatic carbocycles. The molecule has 0 saturated carbocycles. The molecule has 1 rings (SSSR count). The molecule has 0 unspecified atom stereocenters. The highest BCUT2D eigenvalue weighted by molar-refractivity contribution is 14.1. The van der Waals surface area contributed by atoms with E-state index in [1.54, 1.807) is 0 Å². The van der Waals surface area contributed by atoms with Gasteiger partial charge < -0.3 is 9.47 Å². The topological polar surface area (TPSA) is 48.4 Å². The maximum Gasteiger partial charge on any atom is 0.573 e. The first kappa shape index (κ1) is 18.8. The number of hydrogen-bond acceptors (Lipinski definition) is 4. The Morgan fingerprint density at radius 1 is 1.27 bits per heavy atom. The maximum absolute atomic E-state index is 12.9. The van der Waals surface area contributed by atoms with Crippen LogP contribution in [-0.4, -0.2) is 23.9 Å². The number of esters is 1. The van der Waals surface area contributed by atoms with Gasteiger partial charge in [0.05, 0.1) is 24.3 Å². The highest BCUT2D eigenvalue weighted by Gasteiger charge is 2.38. The number of hydrogen-bond donors (Lipinski definition) is 0. The fourth-order valence-corrected chi connectivity index (χ4v) is 1.99. The molecular weight excluding hydrogens is 435 g/mol. The first-order valence-corrected chi connectivity index (χ1v) is 6.70. The van der Waals surface area contributed by atoms with E-state index >= 15 is 0 Å².